The number of ether oxygens (including phenoxy) is 11. The van der Waals surface area contributed by atoms with Gasteiger partial charge in [-0.3, -0.25) is 9.59 Å². The fraction of sp³-hybridized carbons (Fsp3) is 0.950. The Kier molecular flexibility index (Phi) is 21.3. The van der Waals surface area contributed by atoms with Crippen LogP contribution in [0.15, 0.2) is 0 Å². The molecule has 0 saturated carbocycles. The van der Waals surface area contributed by atoms with E-state index in [1.807, 2.05) is 0 Å². The van der Waals surface area contributed by atoms with Gasteiger partial charge < -0.3 is 155 Å². The number of rotatable bonds is 18. The van der Waals surface area contributed by atoms with Gasteiger partial charge in [-0.05, 0) is 0 Å². The molecule has 0 aliphatic carbocycles. The van der Waals surface area contributed by atoms with Crippen LogP contribution in [0.5, 0.6) is 0 Å². The summed E-state index contributed by atoms with van der Waals surface area (Å²) in [6.07, 6.45) is -52.5. The smallest absolute Gasteiger partial charge is 0.217 e. The lowest BCUT2D eigenvalue weighted by Gasteiger charge is -2.49. The molecule has 6 fully saturated rings. The summed E-state index contributed by atoms with van der Waals surface area (Å²) in [4.78, 5) is 24.2. The Balaban J connectivity index is 1.15. The molecule has 0 bridgehead atoms. The van der Waals surface area contributed by atoms with Crippen LogP contribution in [0, 0.1) is 0 Å². The topological polar surface area (TPSA) is 524 Å². The molecule has 2 amide bonds. The van der Waals surface area contributed by atoms with Crippen LogP contribution < -0.4 is 10.6 Å². The van der Waals surface area contributed by atoms with E-state index in [9.17, 15) is 102 Å². The fourth-order valence-corrected chi connectivity index (χ4v) is 9.20. The molecule has 73 heavy (non-hydrogen) atoms. The molecule has 0 unspecified atom stereocenters. The zero-order chi connectivity index (χ0) is 53.9. The average molecular weight is 1070 g/mol. The molecular weight excluding hydrogens is 1000 g/mol. The van der Waals surface area contributed by atoms with Gasteiger partial charge in [-0.2, -0.15) is 0 Å². The van der Waals surface area contributed by atoms with Gasteiger partial charge in [-0.15, -0.1) is 0 Å². The van der Waals surface area contributed by atoms with Crippen molar-refractivity contribution >= 4 is 11.8 Å². The van der Waals surface area contributed by atoms with E-state index in [2.05, 4.69) is 10.6 Å². The fourth-order valence-electron chi connectivity index (χ4n) is 9.20. The minimum Gasteiger partial charge on any atom is -0.394 e. The molecule has 20 N–H and O–H groups in total. The van der Waals surface area contributed by atoms with E-state index in [0.717, 1.165) is 13.8 Å². The van der Waals surface area contributed by atoms with Crippen molar-refractivity contribution in [1.82, 2.24) is 10.6 Å². The molecule has 6 aliphatic rings. The van der Waals surface area contributed by atoms with Crippen LogP contribution >= 0.6 is 0 Å². The molecule has 0 aromatic rings. The van der Waals surface area contributed by atoms with Crippen molar-refractivity contribution < 1.29 is 154 Å². The number of aliphatic hydroxyl groups is 18. The Morgan fingerprint density at radius 3 is 1.18 bits per heavy atom. The molecular formula is C40H68N2O31. The number of nitrogens with one attached hydrogen (secondary N) is 2. The van der Waals surface area contributed by atoms with E-state index in [1.165, 1.54) is 0 Å². The van der Waals surface area contributed by atoms with Crippen LogP contribution in [0.3, 0.4) is 0 Å². The number of hydrogen-bond acceptors (Lipinski definition) is 31. The second-order valence-corrected chi connectivity index (χ2v) is 18.3. The molecule has 6 heterocycles. The van der Waals surface area contributed by atoms with Gasteiger partial charge in [0.05, 0.1) is 39.6 Å². The highest BCUT2D eigenvalue weighted by atomic mass is 16.8. The Hall–Kier alpha value is -2.22. The standard InChI is InChI=1S/C40H68N2O31/c1-9(48)41-17-22(53)31(13(5-45)64-35(17)62)70-36-18(42-10(2)49)23(54)32(14(6-46)67-36)71-38-29(60)25(56)21(52)16(69-38)8-63-40-34(26(57)20(51)12(4-44)66-40)73-39-30(61)27(58)33(15(7-47)68-39)72-37-28(59)24(55)19(50)11(3-43)65-37/h11-40,43-47,50-62H,3-8H2,1-2H3,(H,41,48)(H,42,49)/t11-,12-,13-,14-,15-,16-,17-,18-,19-,20-,21-,22-,23-,24+,25+,26+,27-,28+,29+,30+,31-,32-,33-,34+,35-,36+,37+,38+,39+,40+/m1/s1. The van der Waals surface area contributed by atoms with Crippen LogP contribution in [-0.4, -0.2) is 327 Å². The highest BCUT2D eigenvalue weighted by Crippen LogP contribution is 2.36. The van der Waals surface area contributed by atoms with Crippen LogP contribution in [0.2, 0.25) is 0 Å². The number of amides is 2. The van der Waals surface area contributed by atoms with Crippen molar-refractivity contribution in [2.24, 2.45) is 0 Å². The summed E-state index contributed by atoms with van der Waals surface area (Å²) in [5.41, 5.74) is 0. The average Bonchev–Trinajstić information content (AvgIpc) is 3.36. The Labute approximate surface area is 413 Å². The SMILES string of the molecule is CC(=O)N[C@@H]1[C@@H](O)[C@H](O[C@@H]2O[C@H](CO)[C@@H](O[C@@H]3O[C@H](CO[C@H]4O[C@H](CO)[C@@H](O)[C@H](O)[C@@H]4O[C@@H]4O[C@H](CO)[C@@H](O[C@@H]5O[C@H](CO)[C@@H](O)[C@H](O)[C@@H]5O)[C@H](O)[C@@H]4O)[C@@H](O)[C@H](O)[C@@H]3O)[C@H](O)[C@H]2NC(C)=O)[C@@H](CO)O[C@H]1O. The van der Waals surface area contributed by atoms with Crippen LogP contribution in [0.1, 0.15) is 13.8 Å². The van der Waals surface area contributed by atoms with Crippen molar-refractivity contribution in [3.8, 4) is 0 Å². The molecule has 33 heteroatoms. The van der Waals surface area contributed by atoms with Crippen molar-refractivity contribution in [1.29, 1.82) is 0 Å². The third kappa shape index (κ3) is 13.0. The summed E-state index contributed by atoms with van der Waals surface area (Å²) >= 11 is 0. The summed E-state index contributed by atoms with van der Waals surface area (Å²) in [7, 11) is 0. The number of carbonyl (C=O) groups excluding carboxylic acids is 2. The van der Waals surface area contributed by atoms with Gasteiger partial charge >= 0.3 is 0 Å². The Bertz CT molecular complexity index is 1750. The predicted molar refractivity (Wildman–Crippen MR) is 222 cm³/mol. The summed E-state index contributed by atoms with van der Waals surface area (Å²) in [5, 5.41) is 196. The molecule has 6 aliphatic heterocycles. The van der Waals surface area contributed by atoms with E-state index >= 15 is 0 Å². The van der Waals surface area contributed by atoms with Gasteiger partial charge in [0.15, 0.2) is 37.7 Å². The lowest BCUT2D eigenvalue weighted by Crippen LogP contribution is -2.70. The number of aliphatic hydroxyl groups excluding tert-OH is 18. The van der Waals surface area contributed by atoms with Crippen LogP contribution in [0.25, 0.3) is 0 Å². The highest BCUT2D eigenvalue weighted by molar-refractivity contribution is 5.73. The first-order valence-electron chi connectivity index (χ1n) is 23.1. The zero-order valence-corrected chi connectivity index (χ0v) is 38.9. The molecule has 6 saturated heterocycles. The second-order valence-electron chi connectivity index (χ2n) is 18.3. The molecule has 33 nitrogen and oxygen atoms in total. The van der Waals surface area contributed by atoms with Gasteiger partial charge in [0, 0.05) is 13.8 Å². The molecule has 30 atom stereocenters. The molecule has 0 aromatic carbocycles. The highest BCUT2D eigenvalue weighted by Gasteiger charge is 2.57. The van der Waals surface area contributed by atoms with Crippen molar-refractivity contribution in [2.45, 2.75) is 198 Å². The summed E-state index contributed by atoms with van der Waals surface area (Å²) in [6.45, 7) is -3.47. The van der Waals surface area contributed by atoms with Gasteiger partial charge in [-0.1, -0.05) is 0 Å². The van der Waals surface area contributed by atoms with Crippen LogP contribution in [-0.2, 0) is 61.7 Å². The molecule has 0 spiro atoms. The predicted octanol–water partition coefficient (Wildman–Crippen LogP) is -13.8. The van der Waals surface area contributed by atoms with E-state index < -0.39 is 236 Å². The van der Waals surface area contributed by atoms with Crippen molar-refractivity contribution in [3.05, 3.63) is 0 Å². The quantitative estimate of drug-likeness (QED) is 0.0606. The summed E-state index contributed by atoms with van der Waals surface area (Å²) in [5.74, 6) is -1.50. The van der Waals surface area contributed by atoms with Gasteiger partial charge in [0.25, 0.3) is 0 Å². The molecule has 424 valence electrons. The first kappa shape index (κ1) is 60.0. The first-order valence-corrected chi connectivity index (χ1v) is 23.1. The largest absolute Gasteiger partial charge is 0.394 e. The number of carbonyl (C=O) groups is 2. The van der Waals surface area contributed by atoms with E-state index in [4.69, 9.17) is 52.1 Å². The number of hydrogen-bond donors (Lipinski definition) is 20. The minimum absolute atomic E-state index is 0.699. The lowest BCUT2D eigenvalue weighted by atomic mass is 9.94. The van der Waals surface area contributed by atoms with E-state index in [1.54, 1.807) is 0 Å². The third-order valence-corrected chi connectivity index (χ3v) is 13.2. The van der Waals surface area contributed by atoms with E-state index in [-0.39, 0.29) is 0 Å². The van der Waals surface area contributed by atoms with Crippen molar-refractivity contribution in [2.75, 3.05) is 39.6 Å². The Morgan fingerprint density at radius 1 is 0.356 bits per heavy atom. The zero-order valence-electron chi connectivity index (χ0n) is 38.9. The summed E-state index contributed by atoms with van der Waals surface area (Å²) in [6, 6.07) is -3.19. The van der Waals surface area contributed by atoms with Crippen LogP contribution in [0.4, 0.5) is 0 Å². The first-order chi connectivity index (χ1) is 34.5. The normalized spacial score (nSPS) is 49.8. The summed E-state index contributed by atoms with van der Waals surface area (Å²) < 4.78 is 62.3. The maximum Gasteiger partial charge on any atom is 0.217 e. The minimum atomic E-state index is -2.17. The van der Waals surface area contributed by atoms with Gasteiger partial charge in [-0.25, -0.2) is 0 Å². The lowest BCUT2D eigenvalue weighted by molar-refractivity contribution is -0.388. The maximum absolute atomic E-state index is 12.4. The molecule has 0 aromatic heterocycles. The molecule has 6 rings (SSSR count). The Morgan fingerprint density at radius 2 is 0.685 bits per heavy atom. The van der Waals surface area contributed by atoms with E-state index in [0.29, 0.717) is 0 Å². The van der Waals surface area contributed by atoms with Gasteiger partial charge in [0.2, 0.25) is 11.8 Å². The maximum atomic E-state index is 12.4. The third-order valence-electron chi connectivity index (χ3n) is 13.2. The second kappa shape index (κ2) is 26.0. The van der Waals surface area contributed by atoms with Gasteiger partial charge in [0.1, 0.15) is 146 Å². The monoisotopic (exact) mass is 1070 g/mol. The molecule has 0 radical (unpaired) electrons. The van der Waals surface area contributed by atoms with Crippen molar-refractivity contribution in [3.63, 3.8) is 0 Å².